The normalized spacial score (nSPS) is 23.8. The molecule has 0 aromatic carbocycles. The van der Waals surface area contributed by atoms with Gasteiger partial charge in [-0.25, -0.2) is 0 Å². The number of amides is 2. The molecule has 0 aliphatic heterocycles. The first-order valence-electron chi connectivity index (χ1n) is 6.74. The lowest BCUT2D eigenvalue weighted by molar-refractivity contribution is -0.140. The number of nitrogens with zero attached hydrogens (tertiary/aromatic N) is 1. The fourth-order valence-corrected chi connectivity index (χ4v) is 2.24. The van der Waals surface area contributed by atoms with Crippen LogP contribution < -0.4 is 10.6 Å². The highest BCUT2D eigenvalue weighted by molar-refractivity contribution is 6.35. The van der Waals surface area contributed by atoms with E-state index in [4.69, 9.17) is 0 Å². The van der Waals surface area contributed by atoms with Crippen LogP contribution in [-0.2, 0) is 9.59 Å². The number of likely N-dealkylation sites (N-methyl/N-ethyl adjacent to an activating group) is 1. The number of hydrogen-bond donors (Lipinski definition) is 2. The molecule has 0 unspecified atom stereocenters. The average Bonchev–Trinajstić information content (AvgIpc) is 2.31. The van der Waals surface area contributed by atoms with Gasteiger partial charge in [0, 0.05) is 19.1 Å². The fraction of sp³-hybridized carbons (Fsp3) is 0.846. The zero-order valence-electron chi connectivity index (χ0n) is 11.7. The highest BCUT2D eigenvalue weighted by Gasteiger charge is 2.25. The van der Waals surface area contributed by atoms with E-state index in [1.807, 2.05) is 19.0 Å². The van der Waals surface area contributed by atoms with Gasteiger partial charge >= 0.3 is 11.8 Å². The lowest BCUT2D eigenvalue weighted by Gasteiger charge is -2.29. The Morgan fingerprint density at radius 2 is 1.83 bits per heavy atom. The van der Waals surface area contributed by atoms with Crippen LogP contribution in [0.4, 0.5) is 0 Å². The third kappa shape index (κ3) is 5.04. The summed E-state index contributed by atoms with van der Waals surface area (Å²) in [6.45, 7) is 3.37. The summed E-state index contributed by atoms with van der Waals surface area (Å²) in [5.41, 5.74) is 0. The molecule has 0 spiro atoms. The smallest absolute Gasteiger partial charge is 0.309 e. The summed E-state index contributed by atoms with van der Waals surface area (Å²) in [5.74, 6) is -0.542. The van der Waals surface area contributed by atoms with E-state index in [2.05, 4.69) is 17.6 Å². The molecule has 18 heavy (non-hydrogen) atoms. The minimum absolute atomic E-state index is 0.158. The van der Waals surface area contributed by atoms with E-state index in [1.165, 1.54) is 6.42 Å². The van der Waals surface area contributed by atoms with E-state index in [9.17, 15) is 9.59 Å². The van der Waals surface area contributed by atoms with Gasteiger partial charge in [-0.15, -0.1) is 0 Å². The van der Waals surface area contributed by atoms with Gasteiger partial charge in [0.15, 0.2) is 0 Å². The molecule has 0 radical (unpaired) electrons. The molecular weight excluding hydrogens is 230 g/mol. The molecule has 1 aliphatic carbocycles. The Bertz CT molecular complexity index is 292. The van der Waals surface area contributed by atoms with Gasteiger partial charge in [-0.1, -0.05) is 19.8 Å². The van der Waals surface area contributed by atoms with Gasteiger partial charge in [0.05, 0.1) is 0 Å². The van der Waals surface area contributed by atoms with Gasteiger partial charge in [0.25, 0.3) is 0 Å². The summed E-state index contributed by atoms with van der Waals surface area (Å²) in [6, 6.07) is 0.158. The number of carbonyl (C=O) groups excluding carboxylic acids is 2. The lowest BCUT2D eigenvalue weighted by atomic mass is 9.86. The van der Waals surface area contributed by atoms with Crippen molar-refractivity contribution in [2.75, 3.05) is 27.2 Å². The van der Waals surface area contributed by atoms with Crippen LogP contribution in [0.25, 0.3) is 0 Å². The number of nitrogens with one attached hydrogen (secondary N) is 2. The van der Waals surface area contributed by atoms with Gasteiger partial charge < -0.3 is 15.5 Å². The maximum Gasteiger partial charge on any atom is 0.309 e. The zero-order chi connectivity index (χ0) is 13.5. The topological polar surface area (TPSA) is 61.4 Å². The van der Waals surface area contributed by atoms with Crippen LogP contribution in [0.15, 0.2) is 0 Å². The van der Waals surface area contributed by atoms with E-state index in [0.29, 0.717) is 12.5 Å². The molecule has 0 aromatic heterocycles. The molecule has 1 saturated carbocycles. The standard InChI is InChI=1S/C13H25N3O2/c1-10-6-4-5-7-11(10)15-13(18)12(17)14-8-9-16(2)3/h10-11H,4-9H2,1-3H3,(H,14,17)(H,15,18)/t10-,11+/m0/s1. The molecule has 2 amide bonds. The maximum absolute atomic E-state index is 11.7. The van der Waals surface area contributed by atoms with Crippen molar-refractivity contribution in [2.45, 2.75) is 38.6 Å². The second-order valence-corrected chi connectivity index (χ2v) is 5.40. The quantitative estimate of drug-likeness (QED) is 0.713. The Balaban J connectivity index is 2.28. The SMILES string of the molecule is C[C@H]1CCCC[C@H]1NC(=O)C(=O)NCCN(C)C. The molecule has 1 aliphatic rings. The number of rotatable bonds is 4. The van der Waals surface area contributed by atoms with Crippen LogP contribution in [-0.4, -0.2) is 49.9 Å². The van der Waals surface area contributed by atoms with Crippen molar-refractivity contribution in [3.8, 4) is 0 Å². The van der Waals surface area contributed by atoms with Crippen molar-refractivity contribution in [3.05, 3.63) is 0 Å². The highest BCUT2D eigenvalue weighted by Crippen LogP contribution is 2.23. The van der Waals surface area contributed by atoms with Gasteiger partial charge in [-0.2, -0.15) is 0 Å². The van der Waals surface area contributed by atoms with Crippen molar-refractivity contribution < 1.29 is 9.59 Å². The van der Waals surface area contributed by atoms with Gasteiger partial charge in [0.1, 0.15) is 0 Å². The Hall–Kier alpha value is -1.10. The second-order valence-electron chi connectivity index (χ2n) is 5.40. The molecule has 5 heteroatoms. The molecule has 2 N–H and O–H groups in total. The summed E-state index contributed by atoms with van der Waals surface area (Å²) >= 11 is 0. The van der Waals surface area contributed by atoms with E-state index < -0.39 is 11.8 Å². The summed E-state index contributed by atoms with van der Waals surface area (Å²) < 4.78 is 0. The van der Waals surface area contributed by atoms with Crippen molar-refractivity contribution in [3.63, 3.8) is 0 Å². The fourth-order valence-electron chi connectivity index (χ4n) is 2.24. The molecule has 104 valence electrons. The molecule has 1 rings (SSSR count). The average molecular weight is 255 g/mol. The van der Waals surface area contributed by atoms with Crippen molar-refractivity contribution in [1.29, 1.82) is 0 Å². The van der Waals surface area contributed by atoms with E-state index >= 15 is 0 Å². The Morgan fingerprint density at radius 3 is 2.44 bits per heavy atom. The minimum atomic E-state index is -0.519. The minimum Gasteiger partial charge on any atom is -0.347 e. The van der Waals surface area contributed by atoms with E-state index in [1.54, 1.807) is 0 Å². The van der Waals surface area contributed by atoms with Crippen molar-refractivity contribution in [2.24, 2.45) is 5.92 Å². The molecular formula is C13H25N3O2. The zero-order valence-corrected chi connectivity index (χ0v) is 11.7. The van der Waals surface area contributed by atoms with Crippen LogP contribution in [0.5, 0.6) is 0 Å². The van der Waals surface area contributed by atoms with Crippen molar-refractivity contribution >= 4 is 11.8 Å². The molecule has 0 heterocycles. The Kier molecular flexibility index (Phi) is 6.12. The number of carbonyl (C=O) groups is 2. The first-order valence-corrected chi connectivity index (χ1v) is 6.74. The summed E-state index contributed by atoms with van der Waals surface area (Å²) in [7, 11) is 3.85. The van der Waals surface area contributed by atoms with Gasteiger partial charge in [-0.3, -0.25) is 9.59 Å². The monoisotopic (exact) mass is 255 g/mol. The van der Waals surface area contributed by atoms with Crippen LogP contribution >= 0.6 is 0 Å². The molecule has 5 nitrogen and oxygen atoms in total. The van der Waals surface area contributed by atoms with Gasteiger partial charge in [0.2, 0.25) is 0 Å². The summed E-state index contributed by atoms with van der Waals surface area (Å²) in [4.78, 5) is 25.2. The predicted octanol–water partition coefficient (Wildman–Crippen LogP) is 0.359. The summed E-state index contributed by atoms with van der Waals surface area (Å²) in [6.07, 6.45) is 4.48. The van der Waals surface area contributed by atoms with E-state index in [0.717, 1.165) is 25.8 Å². The predicted molar refractivity (Wildman–Crippen MR) is 71.1 cm³/mol. The molecule has 0 aromatic rings. The third-order valence-corrected chi connectivity index (χ3v) is 3.48. The number of hydrogen-bond acceptors (Lipinski definition) is 3. The van der Waals surface area contributed by atoms with Crippen LogP contribution in [0.2, 0.25) is 0 Å². The molecule has 1 fully saturated rings. The second kappa shape index (κ2) is 7.36. The van der Waals surface area contributed by atoms with E-state index in [-0.39, 0.29) is 6.04 Å². The lowest BCUT2D eigenvalue weighted by Crippen LogP contribution is -2.48. The van der Waals surface area contributed by atoms with Crippen LogP contribution in [0, 0.1) is 5.92 Å². The Labute approximate surface area is 109 Å². The molecule has 2 atom stereocenters. The largest absolute Gasteiger partial charge is 0.347 e. The van der Waals surface area contributed by atoms with Crippen molar-refractivity contribution in [1.82, 2.24) is 15.5 Å². The Morgan fingerprint density at radius 1 is 1.17 bits per heavy atom. The highest BCUT2D eigenvalue weighted by atomic mass is 16.2. The summed E-state index contributed by atoms with van der Waals surface area (Å²) in [5, 5.41) is 5.47. The maximum atomic E-state index is 11.7. The van der Waals surface area contributed by atoms with Gasteiger partial charge in [-0.05, 0) is 32.9 Å². The first-order chi connectivity index (χ1) is 8.50. The third-order valence-electron chi connectivity index (χ3n) is 3.48. The molecule has 0 bridgehead atoms. The van der Waals surface area contributed by atoms with Crippen LogP contribution in [0.1, 0.15) is 32.6 Å². The van der Waals surface area contributed by atoms with Crippen LogP contribution in [0.3, 0.4) is 0 Å². The molecule has 0 saturated heterocycles. The first kappa shape index (κ1) is 15.0.